The molecule has 7 heteroatoms. The summed E-state index contributed by atoms with van der Waals surface area (Å²) in [4.78, 5) is 28.3. The molecule has 1 aromatic heterocycles. The minimum Gasteiger partial charge on any atom is -0.497 e. The standard InChI is InChI=1S/C24H27N3O4/c1-5-20-19(18-11-6-7-12-21(18)31-20)14-26(3)15-27-22(28)24(2,25-23(27)29)16-9-8-10-17(13-16)30-4/h6-13H,5,14-15H2,1-4H3,(H,25,29)/p+1/t24-/m0/s1. The number of furan rings is 1. The molecule has 0 radical (unpaired) electrons. The number of imide groups is 1. The van der Waals surface area contributed by atoms with E-state index in [9.17, 15) is 9.59 Å². The quantitative estimate of drug-likeness (QED) is 0.574. The lowest BCUT2D eigenvalue weighted by atomic mass is 9.92. The Morgan fingerprint density at radius 1 is 1.16 bits per heavy atom. The number of para-hydroxylation sites is 1. The topological polar surface area (TPSA) is 76.2 Å². The molecule has 0 saturated carbocycles. The van der Waals surface area contributed by atoms with Crippen LogP contribution >= 0.6 is 0 Å². The maximum absolute atomic E-state index is 13.3. The highest BCUT2D eigenvalue weighted by molar-refractivity contribution is 6.07. The Balaban J connectivity index is 1.54. The summed E-state index contributed by atoms with van der Waals surface area (Å²) in [6.45, 7) is 4.70. The number of aryl methyl sites for hydroxylation is 1. The lowest BCUT2D eigenvalue weighted by molar-refractivity contribution is -0.901. The number of amides is 3. The number of ether oxygens (including phenoxy) is 1. The first-order valence-electron chi connectivity index (χ1n) is 10.5. The van der Waals surface area contributed by atoms with Gasteiger partial charge in [-0.05, 0) is 30.7 Å². The van der Waals surface area contributed by atoms with Gasteiger partial charge in [0.15, 0.2) is 6.67 Å². The van der Waals surface area contributed by atoms with Crippen LogP contribution in [0.1, 0.15) is 30.7 Å². The van der Waals surface area contributed by atoms with Crippen LogP contribution in [0.5, 0.6) is 5.75 Å². The zero-order valence-corrected chi connectivity index (χ0v) is 18.3. The molecule has 1 aliphatic rings. The van der Waals surface area contributed by atoms with Crippen LogP contribution in [-0.4, -0.2) is 37.7 Å². The molecule has 2 N–H and O–H groups in total. The fraction of sp³-hybridized carbons (Fsp3) is 0.333. The lowest BCUT2D eigenvalue weighted by Gasteiger charge is -2.23. The molecule has 1 aliphatic heterocycles. The van der Waals surface area contributed by atoms with Crippen molar-refractivity contribution < 1.29 is 23.6 Å². The van der Waals surface area contributed by atoms with Gasteiger partial charge in [-0.1, -0.05) is 37.3 Å². The number of quaternary nitrogens is 1. The third-order valence-electron chi connectivity index (χ3n) is 5.93. The maximum atomic E-state index is 13.3. The number of hydrogen-bond donors (Lipinski definition) is 2. The number of rotatable bonds is 7. The molecule has 3 amide bonds. The summed E-state index contributed by atoms with van der Waals surface area (Å²) in [5, 5.41) is 3.94. The molecule has 1 saturated heterocycles. The molecule has 2 atom stereocenters. The zero-order chi connectivity index (χ0) is 22.2. The van der Waals surface area contributed by atoms with E-state index in [2.05, 4.69) is 12.2 Å². The van der Waals surface area contributed by atoms with E-state index in [1.54, 1.807) is 20.1 Å². The van der Waals surface area contributed by atoms with Gasteiger partial charge in [-0.2, -0.15) is 0 Å². The summed E-state index contributed by atoms with van der Waals surface area (Å²) >= 11 is 0. The molecule has 0 aliphatic carbocycles. The first-order chi connectivity index (χ1) is 14.9. The van der Waals surface area contributed by atoms with Crippen molar-refractivity contribution in [3.8, 4) is 5.75 Å². The van der Waals surface area contributed by atoms with Gasteiger partial charge in [0, 0.05) is 11.8 Å². The highest BCUT2D eigenvalue weighted by Crippen LogP contribution is 2.30. The monoisotopic (exact) mass is 422 g/mol. The van der Waals surface area contributed by atoms with Crippen molar-refractivity contribution in [1.82, 2.24) is 10.2 Å². The number of carbonyl (C=O) groups is 2. The number of fused-ring (bicyclic) bond motifs is 1. The average Bonchev–Trinajstić information content (AvgIpc) is 3.24. The first kappa shape index (κ1) is 20.9. The molecule has 1 unspecified atom stereocenters. The smallest absolute Gasteiger partial charge is 0.329 e. The van der Waals surface area contributed by atoms with Crippen LogP contribution in [0.3, 0.4) is 0 Å². The Morgan fingerprint density at radius 2 is 1.94 bits per heavy atom. The molecule has 0 spiro atoms. The van der Waals surface area contributed by atoms with E-state index in [0.717, 1.165) is 33.6 Å². The number of carbonyl (C=O) groups excluding carboxylic acids is 2. The molecule has 4 rings (SSSR count). The summed E-state index contributed by atoms with van der Waals surface area (Å²) in [5.74, 6) is 1.32. The Morgan fingerprint density at radius 3 is 2.68 bits per heavy atom. The Kier molecular flexibility index (Phi) is 5.45. The Bertz CT molecular complexity index is 1140. The van der Waals surface area contributed by atoms with E-state index < -0.39 is 5.54 Å². The van der Waals surface area contributed by atoms with Gasteiger partial charge in [-0.25, -0.2) is 9.69 Å². The molecule has 3 aromatic rings. The third kappa shape index (κ3) is 3.65. The zero-order valence-electron chi connectivity index (χ0n) is 18.3. The van der Waals surface area contributed by atoms with Crippen LogP contribution in [0.15, 0.2) is 52.9 Å². The van der Waals surface area contributed by atoms with Gasteiger partial charge >= 0.3 is 6.03 Å². The van der Waals surface area contributed by atoms with Crippen molar-refractivity contribution in [3.05, 3.63) is 65.4 Å². The molecular formula is C24H28N3O4+. The number of nitrogens with zero attached hydrogens (tertiary/aromatic N) is 1. The first-order valence-corrected chi connectivity index (χ1v) is 10.5. The summed E-state index contributed by atoms with van der Waals surface area (Å²) in [7, 11) is 3.55. The lowest BCUT2D eigenvalue weighted by Crippen LogP contribution is -3.09. The molecule has 162 valence electrons. The average molecular weight is 423 g/mol. The molecular weight excluding hydrogens is 394 g/mol. The number of methoxy groups -OCH3 is 1. The molecule has 7 nitrogen and oxygen atoms in total. The molecule has 1 fully saturated rings. The van der Waals surface area contributed by atoms with Crippen molar-refractivity contribution in [2.24, 2.45) is 0 Å². The predicted molar refractivity (Wildman–Crippen MR) is 117 cm³/mol. The van der Waals surface area contributed by atoms with Crippen LogP contribution in [-0.2, 0) is 23.3 Å². The van der Waals surface area contributed by atoms with Crippen molar-refractivity contribution in [3.63, 3.8) is 0 Å². The van der Waals surface area contributed by atoms with Crippen molar-refractivity contribution in [1.29, 1.82) is 0 Å². The fourth-order valence-corrected chi connectivity index (χ4v) is 4.23. The van der Waals surface area contributed by atoms with Gasteiger partial charge in [-0.3, -0.25) is 4.79 Å². The van der Waals surface area contributed by atoms with E-state index in [1.807, 2.05) is 49.5 Å². The minimum atomic E-state index is -1.12. The van der Waals surface area contributed by atoms with E-state index in [4.69, 9.17) is 9.15 Å². The van der Waals surface area contributed by atoms with Gasteiger partial charge < -0.3 is 19.4 Å². The number of benzene rings is 2. The summed E-state index contributed by atoms with van der Waals surface area (Å²) in [5.41, 5.74) is 1.56. The van der Waals surface area contributed by atoms with Crippen molar-refractivity contribution in [2.75, 3.05) is 20.8 Å². The molecule has 2 aromatic carbocycles. The highest BCUT2D eigenvalue weighted by atomic mass is 16.5. The predicted octanol–water partition coefficient (Wildman–Crippen LogP) is 2.44. The second kappa shape index (κ2) is 8.07. The Hall–Kier alpha value is -3.32. The highest BCUT2D eigenvalue weighted by Gasteiger charge is 2.50. The van der Waals surface area contributed by atoms with E-state index in [-0.39, 0.29) is 18.6 Å². The minimum absolute atomic E-state index is 0.257. The van der Waals surface area contributed by atoms with Crippen LogP contribution in [0.25, 0.3) is 11.0 Å². The van der Waals surface area contributed by atoms with Gasteiger partial charge in [0.25, 0.3) is 5.91 Å². The van der Waals surface area contributed by atoms with Crippen LogP contribution in [0.2, 0.25) is 0 Å². The molecule has 2 heterocycles. The SMILES string of the molecule is CCc1oc2ccccc2c1C[NH+](C)CN1C(=O)N[C@@](C)(c2cccc(OC)c2)C1=O. The summed E-state index contributed by atoms with van der Waals surface area (Å²) < 4.78 is 11.3. The van der Waals surface area contributed by atoms with Crippen molar-refractivity contribution >= 4 is 22.9 Å². The fourth-order valence-electron chi connectivity index (χ4n) is 4.23. The second-order valence-corrected chi connectivity index (χ2v) is 8.17. The van der Waals surface area contributed by atoms with Crippen LogP contribution in [0, 0.1) is 0 Å². The maximum Gasteiger partial charge on any atom is 0.329 e. The largest absolute Gasteiger partial charge is 0.497 e. The number of nitrogens with one attached hydrogen (secondary N) is 2. The summed E-state index contributed by atoms with van der Waals surface area (Å²) in [6.07, 6.45) is 0.786. The van der Waals surface area contributed by atoms with Gasteiger partial charge in [-0.15, -0.1) is 0 Å². The van der Waals surface area contributed by atoms with E-state index in [0.29, 0.717) is 17.9 Å². The molecule has 31 heavy (non-hydrogen) atoms. The second-order valence-electron chi connectivity index (χ2n) is 8.17. The van der Waals surface area contributed by atoms with Gasteiger partial charge in [0.1, 0.15) is 29.2 Å². The normalized spacial score (nSPS) is 19.7. The van der Waals surface area contributed by atoms with Crippen LogP contribution in [0.4, 0.5) is 4.79 Å². The van der Waals surface area contributed by atoms with Crippen LogP contribution < -0.4 is 15.0 Å². The third-order valence-corrected chi connectivity index (χ3v) is 5.93. The van der Waals surface area contributed by atoms with Crippen molar-refractivity contribution in [2.45, 2.75) is 32.4 Å². The van der Waals surface area contributed by atoms with E-state index >= 15 is 0 Å². The molecule has 0 bridgehead atoms. The number of hydrogen-bond acceptors (Lipinski definition) is 4. The van der Waals surface area contributed by atoms with Gasteiger partial charge in [0.05, 0.1) is 19.7 Å². The summed E-state index contributed by atoms with van der Waals surface area (Å²) in [6, 6.07) is 14.8. The van der Waals surface area contributed by atoms with E-state index in [1.165, 1.54) is 4.90 Å². The Labute approximate surface area is 181 Å². The number of urea groups is 1. The van der Waals surface area contributed by atoms with Gasteiger partial charge in [0.2, 0.25) is 0 Å².